The van der Waals surface area contributed by atoms with E-state index in [1.807, 2.05) is 13.0 Å². The smallest absolute Gasteiger partial charge is 0.265 e. The Morgan fingerprint density at radius 3 is 2.86 bits per heavy atom. The number of hydrogen-bond donors (Lipinski definition) is 2. The largest absolute Gasteiger partial charge is 0.384 e. The van der Waals surface area contributed by atoms with Crippen LogP contribution in [0.3, 0.4) is 0 Å². The van der Waals surface area contributed by atoms with E-state index in [9.17, 15) is 9.18 Å². The van der Waals surface area contributed by atoms with Crippen LogP contribution in [0.15, 0.2) is 30.3 Å². The average Bonchev–Trinajstić information content (AvgIpc) is 2.97. The number of hydrogen-bond acceptors (Lipinski definition) is 3. The number of amides is 1. The summed E-state index contributed by atoms with van der Waals surface area (Å²) in [5, 5.41) is 11.4. The van der Waals surface area contributed by atoms with Gasteiger partial charge >= 0.3 is 0 Å². The maximum absolute atomic E-state index is 13.5. The third kappa shape index (κ3) is 3.91. The standard InChI is InChI=1S/C16H14FNO2S/c1-2-13-6-8-15(21-13)16(20)18-12-5-7-14(17)11(10-12)4-3-9-19/h5-8,10,19H,2,9H2,1H3,(H,18,20). The van der Waals surface area contributed by atoms with Crippen LogP contribution in [0.5, 0.6) is 0 Å². The van der Waals surface area contributed by atoms with E-state index in [4.69, 9.17) is 5.11 Å². The van der Waals surface area contributed by atoms with Crippen LogP contribution in [0.2, 0.25) is 0 Å². The Morgan fingerprint density at radius 2 is 2.19 bits per heavy atom. The van der Waals surface area contributed by atoms with E-state index in [-0.39, 0.29) is 18.1 Å². The molecule has 0 aliphatic rings. The number of benzene rings is 1. The molecule has 0 radical (unpaired) electrons. The second-order valence-electron chi connectivity index (χ2n) is 4.23. The fraction of sp³-hybridized carbons (Fsp3) is 0.188. The van der Waals surface area contributed by atoms with Gasteiger partial charge in [-0.05, 0) is 36.8 Å². The highest BCUT2D eigenvalue weighted by Gasteiger charge is 2.10. The second kappa shape index (κ2) is 7.02. The maximum atomic E-state index is 13.5. The van der Waals surface area contributed by atoms with Gasteiger partial charge in [-0.25, -0.2) is 4.39 Å². The molecule has 0 bridgehead atoms. The zero-order valence-corrected chi connectivity index (χ0v) is 12.3. The van der Waals surface area contributed by atoms with Gasteiger partial charge in [0.25, 0.3) is 5.91 Å². The Labute approximate surface area is 126 Å². The number of carbonyl (C=O) groups is 1. The topological polar surface area (TPSA) is 49.3 Å². The number of carbonyl (C=O) groups excluding carboxylic acids is 1. The number of rotatable bonds is 3. The molecule has 0 fully saturated rings. The van der Waals surface area contributed by atoms with Crippen molar-refractivity contribution in [3.8, 4) is 11.8 Å². The van der Waals surface area contributed by atoms with Crippen LogP contribution < -0.4 is 5.32 Å². The van der Waals surface area contributed by atoms with Gasteiger partial charge in [-0.2, -0.15) is 0 Å². The van der Waals surface area contributed by atoms with Gasteiger partial charge in [0.1, 0.15) is 12.4 Å². The van der Waals surface area contributed by atoms with Gasteiger partial charge in [-0.3, -0.25) is 4.79 Å². The Bertz CT molecular complexity index is 713. The van der Waals surface area contributed by atoms with E-state index < -0.39 is 5.82 Å². The number of aryl methyl sites for hydroxylation is 1. The van der Waals surface area contributed by atoms with Gasteiger partial charge < -0.3 is 10.4 Å². The first-order chi connectivity index (χ1) is 10.1. The van der Waals surface area contributed by atoms with Crippen molar-refractivity contribution in [1.82, 2.24) is 0 Å². The summed E-state index contributed by atoms with van der Waals surface area (Å²) in [4.78, 5) is 13.8. The fourth-order valence-electron chi connectivity index (χ4n) is 1.72. The lowest BCUT2D eigenvalue weighted by atomic mass is 10.2. The summed E-state index contributed by atoms with van der Waals surface area (Å²) < 4.78 is 13.5. The quantitative estimate of drug-likeness (QED) is 0.856. The van der Waals surface area contributed by atoms with Crippen molar-refractivity contribution in [3.05, 3.63) is 51.5 Å². The molecular weight excluding hydrogens is 289 g/mol. The van der Waals surface area contributed by atoms with Crippen LogP contribution in [-0.4, -0.2) is 17.6 Å². The molecule has 1 aromatic carbocycles. The zero-order chi connectivity index (χ0) is 15.2. The highest BCUT2D eigenvalue weighted by molar-refractivity contribution is 7.14. The molecule has 0 saturated carbocycles. The van der Waals surface area contributed by atoms with Gasteiger partial charge in [0.05, 0.1) is 10.4 Å². The monoisotopic (exact) mass is 303 g/mol. The first-order valence-electron chi connectivity index (χ1n) is 6.43. The lowest BCUT2D eigenvalue weighted by Crippen LogP contribution is -2.10. The van der Waals surface area contributed by atoms with Crippen LogP contribution in [0.1, 0.15) is 27.0 Å². The zero-order valence-electron chi connectivity index (χ0n) is 11.4. The van der Waals surface area contributed by atoms with Gasteiger partial charge in [0.15, 0.2) is 0 Å². The summed E-state index contributed by atoms with van der Waals surface area (Å²) in [6.07, 6.45) is 0.884. The molecule has 3 nitrogen and oxygen atoms in total. The number of aliphatic hydroxyl groups excluding tert-OH is 1. The Morgan fingerprint density at radius 1 is 1.38 bits per heavy atom. The summed E-state index contributed by atoms with van der Waals surface area (Å²) in [7, 11) is 0. The molecule has 1 heterocycles. The molecule has 2 aromatic rings. The SMILES string of the molecule is CCc1ccc(C(=O)Nc2ccc(F)c(C#CCO)c2)s1. The maximum Gasteiger partial charge on any atom is 0.265 e. The minimum atomic E-state index is -0.488. The molecule has 2 rings (SSSR count). The Kier molecular flexibility index (Phi) is 5.09. The van der Waals surface area contributed by atoms with Crippen molar-refractivity contribution in [1.29, 1.82) is 0 Å². The van der Waals surface area contributed by atoms with Gasteiger partial charge in [0.2, 0.25) is 0 Å². The number of aliphatic hydroxyl groups is 1. The third-order valence-electron chi connectivity index (χ3n) is 2.76. The third-order valence-corrected chi connectivity index (χ3v) is 3.99. The van der Waals surface area contributed by atoms with E-state index in [1.165, 1.54) is 29.5 Å². The highest BCUT2D eigenvalue weighted by atomic mass is 32.1. The van der Waals surface area contributed by atoms with E-state index in [2.05, 4.69) is 17.2 Å². The van der Waals surface area contributed by atoms with E-state index in [0.29, 0.717) is 10.6 Å². The molecule has 108 valence electrons. The average molecular weight is 303 g/mol. The molecule has 0 unspecified atom stereocenters. The van der Waals surface area contributed by atoms with Crippen molar-refractivity contribution in [2.45, 2.75) is 13.3 Å². The molecule has 2 N–H and O–H groups in total. The number of anilines is 1. The van der Waals surface area contributed by atoms with E-state index in [0.717, 1.165) is 11.3 Å². The summed E-state index contributed by atoms with van der Waals surface area (Å²) in [5.74, 6) is 4.17. The van der Waals surface area contributed by atoms with Crippen LogP contribution in [0.4, 0.5) is 10.1 Å². The van der Waals surface area contributed by atoms with Crippen LogP contribution in [0, 0.1) is 17.7 Å². The highest BCUT2D eigenvalue weighted by Crippen LogP contribution is 2.20. The normalized spacial score (nSPS) is 9.86. The minimum absolute atomic E-state index is 0.141. The van der Waals surface area contributed by atoms with Gasteiger partial charge in [0, 0.05) is 10.6 Å². The molecule has 0 aliphatic heterocycles. The van der Waals surface area contributed by atoms with Crippen molar-refractivity contribution >= 4 is 22.9 Å². The first kappa shape index (κ1) is 15.2. The molecule has 0 saturated heterocycles. The number of halogens is 1. The molecule has 21 heavy (non-hydrogen) atoms. The number of thiophene rings is 1. The van der Waals surface area contributed by atoms with E-state index in [1.54, 1.807) is 6.07 Å². The van der Waals surface area contributed by atoms with Crippen molar-refractivity contribution < 1.29 is 14.3 Å². The predicted octanol–water partition coefficient (Wildman–Crippen LogP) is 3.05. The second-order valence-corrected chi connectivity index (χ2v) is 5.40. The molecule has 0 aliphatic carbocycles. The summed E-state index contributed by atoms with van der Waals surface area (Å²) in [6.45, 7) is 1.69. The lowest BCUT2D eigenvalue weighted by molar-refractivity contribution is 0.103. The fourth-order valence-corrected chi connectivity index (χ4v) is 2.56. The van der Waals surface area contributed by atoms with E-state index >= 15 is 0 Å². The van der Waals surface area contributed by atoms with Gasteiger partial charge in [-0.1, -0.05) is 18.8 Å². The first-order valence-corrected chi connectivity index (χ1v) is 7.25. The van der Waals surface area contributed by atoms with Crippen LogP contribution >= 0.6 is 11.3 Å². The van der Waals surface area contributed by atoms with Crippen molar-refractivity contribution in [2.24, 2.45) is 0 Å². The summed E-state index contributed by atoms with van der Waals surface area (Å²) in [5.41, 5.74) is 0.609. The molecule has 5 heteroatoms. The molecule has 1 amide bonds. The lowest BCUT2D eigenvalue weighted by Gasteiger charge is -2.04. The summed E-state index contributed by atoms with van der Waals surface area (Å²) >= 11 is 1.43. The van der Waals surface area contributed by atoms with Gasteiger partial charge in [-0.15, -0.1) is 11.3 Å². The molecule has 0 spiro atoms. The summed E-state index contributed by atoms with van der Waals surface area (Å²) in [6, 6.07) is 7.86. The number of nitrogens with one attached hydrogen (secondary N) is 1. The van der Waals surface area contributed by atoms with Crippen molar-refractivity contribution in [2.75, 3.05) is 11.9 Å². The predicted molar refractivity (Wildman–Crippen MR) is 82.0 cm³/mol. The molecule has 1 aromatic heterocycles. The van der Waals surface area contributed by atoms with Crippen LogP contribution in [-0.2, 0) is 6.42 Å². The molecular formula is C16H14FNO2S. The van der Waals surface area contributed by atoms with Crippen LogP contribution in [0.25, 0.3) is 0 Å². The Balaban J connectivity index is 2.17. The Hall–Kier alpha value is -2.16. The van der Waals surface area contributed by atoms with Crippen molar-refractivity contribution in [3.63, 3.8) is 0 Å². The minimum Gasteiger partial charge on any atom is -0.384 e. The molecule has 0 atom stereocenters.